The van der Waals surface area contributed by atoms with Crippen LogP contribution in [0.1, 0.15) is 54.4 Å². The van der Waals surface area contributed by atoms with E-state index in [2.05, 4.69) is 41.5 Å². The van der Waals surface area contributed by atoms with Gasteiger partial charge in [-0.15, -0.1) is 0 Å². The second-order valence-electron chi connectivity index (χ2n) is 6.67. The largest absolute Gasteiger partial charge is 0.373 e. The zero-order valence-corrected chi connectivity index (χ0v) is 11.8. The van der Waals surface area contributed by atoms with Gasteiger partial charge in [0, 0.05) is 0 Å². The molecule has 1 saturated heterocycles. The molecule has 0 N–H and O–H groups in total. The first-order chi connectivity index (χ1) is 7.23. The molecule has 16 heavy (non-hydrogen) atoms. The van der Waals surface area contributed by atoms with Gasteiger partial charge in [0.05, 0.1) is 18.8 Å². The Labute approximate surface area is 101 Å². The fraction of sp³-hybridized carbons (Fsp3) is 1.00. The van der Waals surface area contributed by atoms with E-state index in [0.717, 1.165) is 25.6 Å². The van der Waals surface area contributed by atoms with Crippen molar-refractivity contribution in [1.29, 1.82) is 0 Å². The molecule has 1 unspecified atom stereocenters. The van der Waals surface area contributed by atoms with Crippen LogP contribution in [0.5, 0.6) is 0 Å². The Morgan fingerprint density at radius 3 is 2.19 bits per heavy atom. The third kappa shape index (κ3) is 4.84. The lowest BCUT2D eigenvalue weighted by atomic mass is 9.75. The molecule has 1 heterocycles. The standard InChI is InChI=1S/C14H28O2/c1-11(2)13(3,4)7-8-14(5,6)16-10-12-9-15-12/h11-12H,7-10H2,1-6H3. The molecular formula is C14H28O2. The number of ether oxygens (including phenoxy) is 2. The van der Waals surface area contributed by atoms with Gasteiger partial charge in [-0.2, -0.15) is 0 Å². The minimum absolute atomic E-state index is 0.0158. The Hall–Kier alpha value is -0.0800. The van der Waals surface area contributed by atoms with Crippen LogP contribution in [0.2, 0.25) is 0 Å². The molecule has 0 bridgehead atoms. The minimum Gasteiger partial charge on any atom is -0.373 e. The summed E-state index contributed by atoms with van der Waals surface area (Å²) in [5.41, 5.74) is 0.384. The summed E-state index contributed by atoms with van der Waals surface area (Å²) in [6.45, 7) is 15.3. The lowest BCUT2D eigenvalue weighted by Gasteiger charge is -2.34. The van der Waals surface area contributed by atoms with Gasteiger partial charge in [0.2, 0.25) is 0 Å². The minimum atomic E-state index is -0.0158. The summed E-state index contributed by atoms with van der Waals surface area (Å²) in [4.78, 5) is 0. The van der Waals surface area contributed by atoms with Gasteiger partial charge >= 0.3 is 0 Å². The maximum atomic E-state index is 5.90. The van der Waals surface area contributed by atoms with Crippen molar-refractivity contribution in [2.45, 2.75) is 66.1 Å². The van der Waals surface area contributed by atoms with Crippen molar-refractivity contribution in [3.8, 4) is 0 Å². The molecule has 1 rings (SSSR count). The first-order valence-corrected chi connectivity index (χ1v) is 6.48. The zero-order valence-electron chi connectivity index (χ0n) is 11.8. The summed E-state index contributed by atoms with van der Waals surface area (Å²) in [5, 5.41) is 0. The Morgan fingerprint density at radius 2 is 1.75 bits per heavy atom. The SMILES string of the molecule is CC(C)C(C)(C)CCC(C)(C)OCC1CO1. The summed E-state index contributed by atoms with van der Waals surface area (Å²) >= 11 is 0. The van der Waals surface area contributed by atoms with Gasteiger partial charge < -0.3 is 9.47 Å². The van der Waals surface area contributed by atoms with E-state index in [0.29, 0.717) is 11.5 Å². The van der Waals surface area contributed by atoms with E-state index in [1.54, 1.807) is 0 Å². The molecule has 1 aliphatic heterocycles. The average Bonchev–Trinajstić information content (AvgIpc) is 2.95. The van der Waals surface area contributed by atoms with E-state index in [1.165, 1.54) is 6.42 Å². The molecule has 2 nitrogen and oxygen atoms in total. The van der Waals surface area contributed by atoms with Crippen LogP contribution >= 0.6 is 0 Å². The number of hydrogen-bond acceptors (Lipinski definition) is 2. The number of rotatable bonds is 7. The highest BCUT2D eigenvalue weighted by atomic mass is 16.6. The number of epoxide rings is 1. The first-order valence-electron chi connectivity index (χ1n) is 6.48. The summed E-state index contributed by atoms with van der Waals surface area (Å²) in [6, 6.07) is 0. The van der Waals surface area contributed by atoms with Crippen LogP contribution in [-0.2, 0) is 9.47 Å². The molecule has 1 fully saturated rings. The Kier molecular flexibility index (Phi) is 4.42. The Bertz CT molecular complexity index is 215. The van der Waals surface area contributed by atoms with Gasteiger partial charge in [-0.25, -0.2) is 0 Å². The van der Waals surface area contributed by atoms with E-state index in [1.807, 2.05) is 0 Å². The normalized spacial score (nSPS) is 21.6. The van der Waals surface area contributed by atoms with Gasteiger partial charge in [-0.05, 0) is 38.0 Å². The summed E-state index contributed by atoms with van der Waals surface area (Å²) in [5.74, 6) is 0.718. The molecule has 96 valence electrons. The number of hydrogen-bond donors (Lipinski definition) is 0. The van der Waals surface area contributed by atoms with Gasteiger partial charge in [0.1, 0.15) is 6.10 Å². The highest BCUT2D eigenvalue weighted by Gasteiger charge is 2.30. The Balaban J connectivity index is 2.27. The summed E-state index contributed by atoms with van der Waals surface area (Å²) < 4.78 is 11.1. The topological polar surface area (TPSA) is 21.8 Å². The van der Waals surface area contributed by atoms with Crippen LogP contribution in [0.25, 0.3) is 0 Å². The van der Waals surface area contributed by atoms with Crippen molar-refractivity contribution in [2.75, 3.05) is 13.2 Å². The van der Waals surface area contributed by atoms with Crippen molar-refractivity contribution in [2.24, 2.45) is 11.3 Å². The Morgan fingerprint density at radius 1 is 1.19 bits per heavy atom. The van der Waals surface area contributed by atoms with E-state index in [-0.39, 0.29) is 5.60 Å². The maximum Gasteiger partial charge on any atom is 0.104 e. The van der Waals surface area contributed by atoms with Crippen LogP contribution in [0.15, 0.2) is 0 Å². The van der Waals surface area contributed by atoms with Crippen molar-refractivity contribution >= 4 is 0 Å². The van der Waals surface area contributed by atoms with Crippen LogP contribution < -0.4 is 0 Å². The van der Waals surface area contributed by atoms with E-state index >= 15 is 0 Å². The lowest BCUT2D eigenvalue weighted by molar-refractivity contribution is -0.0387. The predicted octanol–water partition coefficient (Wildman–Crippen LogP) is 3.64. The molecular weight excluding hydrogens is 200 g/mol. The molecule has 0 amide bonds. The van der Waals surface area contributed by atoms with E-state index in [4.69, 9.17) is 9.47 Å². The molecule has 0 aromatic heterocycles. The zero-order chi connectivity index (χ0) is 12.4. The molecule has 0 aliphatic carbocycles. The van der Waals surface area contributed by atoms with Crippen LogP contribution in [0.3, 0.4) is 0 Å². The third-order valence-corrected chi connectivity index (χ3v) is 4.00. The summed E-state index contributed by atoms with van der Waals surface area (Å²) in [7, 11) is 0. The van der Waals surface area contributed by atoms with E-state index < -0.39 is 0 Å². The van der Waals surface area contributed by atoms with E-state index in [9.17, 15) is 0 Å². The van der Waals surface area contributed by atoms with Crippen LogP contribution in [0, 0.1) is 11.3 Å². The molecule has 1 aliphatic rings. The fourth-order valence-electron chi connectivity index (χ4n) is 1.47. The second kappa shape index (κ2) is 5.05. The smallest absolute Gasteiger partial charge is 0.104 e. The molecule has 0 radical (unpaired) electrons. The lowest BCUT2D eigenvalue weighted by Crippen LogP contribution is -2.30. The predicted molar refractivity (Wildman–Crippen MR) is 67.6 cm³/mol. The molecule has 1 atom stereocenters. The fourth-order valence-corrected chi connectivity index (χ4v) is 1.47. The van der Waals surface area contributed by atoms with Crippen LogP contribution in [0.4, 0.5) is 0 Å². The van der Waals surface area contributed by atoms with Gasteiger partial charge in [-0.1, -0.05) is 27.7 Å². The van der Waals surface area contributed by atoms with Gasteiger partial charge in [0.15, 0.2) is 0 Å². The average molecular weight is 228 g/mol. The van der Waals surface area contributed by atoms with Crippen molar-refractivity contribution in [3.63, 3.8) is 0 Å². The van der Waals surface area contributed by atoms with Crippen LogP contribution in [-0.4, -0.2) is 24.9 Å². The molecule has 0 aromatic carbocycles. The van der Waals surface area contributed by atoms with Gasteiger partial charge in [0.25, 0.3) is 0 Å². The van der Waals surface area contributed by atoms with Crippen molar-refractivity contribution < 1.29 is 9.47 Å². The second-order valence-corrected chi connectivity index (χ2v) is 6.67. The molecule has 0 aromatic rings. The highest BCUT2D eigenvalue weighted by molar-refractivity contribution is 4.79. The molecule has 2 heteroatoms. The maximum absolute atomic E-state index is 5.90. The molecule has 0 spiro atoms. The van der Waals surface area contributed by atoms with Gasteiger partial charge in [-0.3, -0.25) is 0 Å². The molecule has 0 saturated carbocycles. The third-order valence-electron chi connectivity index (χ3n) is 4.00. The van der Waals surface area contributed by atoms with Crippen molar-refractivity contribution in [1.82, 2.24) is 0 Å². The quantitative estimate of drug-likeness (QED) is 0.620. The van der Waals surface area contributed by atoms with Crippen molar-refractivity contribution in [3.05, 3.63) is 0 Å². The summed E-state index contributed by atoms with van der Waals surface area (Å²) in [6.07, 6.45) is 2.70. The monoisotopic (exact) mass is 228 g/mol. The highest BCUT2D eigenvalue weighted by Crippen LogP contribution is 2.34. The first kappa shape index (κ1) is 14.0.